The van der Waals surface area contributed by atoms with E-state index in [1.165, 1.54) is 0 Å². The smallest absolute Gasteiger partial charge is 0.128 e. The first kappa shape index (κ1) is 19.9. The standard InChI is InChI=1S/C23H30N4O2/c1-29-22-9-3-2-7-19(22)8-6-12-25-17-20(21(28)18-25)26-13-15-27(16-14-26)23-10-4-5-11-24-23/h2-11,20-21,28H,12-18H2,1H3/b8-6+/t20-,21-/m0/s1. The van der Waals surface area contributed by atoms with Crippen LogP contribution in [0.2, 0.25) is 0 Å². The van der Waals surface area contributed by atoms with Gasteiger partial charge in [0.05, 0.1) is 13.2 Å². The first-order valence-corrected chi connectivity index (χ1v) is 10.3. The molecule has 2 aliphatic rings. The van der Waals surface area contributed by atoms with Crippen molar-refractivity contribution in [2.45, 2.75) is 12.1 Å². The number of hydrogen-bond donors (Lipinski definition) is 1. The second kappa shape index (κ2) is 9.39. The van der Waals surface area contributed by atoms with Crippen LogP contribution in [0.3, 0.4) is 0 Å². The lowest BCUT2D eigenvalue weighted by Crippen LogP contribution is -2.54. The minimum Gasteiger partial charge on any atom is -0.496 e. The second-order valence-electron chi connectivity index (χ2n) is 7.71. The van der Waals surface area contributed by atoms with Crippen molar-refractivity contribution in [3.05, 3.63) is 60.3 Å². The summed E-state index contributed by atoms with van der Waals surface area (Å²) < 4.78 is 5.40. The summed E-state index contributed by atoms with van der Waals surface area (Å²) in [5, 5.41) is 10.6. The minimum absolute atomic E-state index is 0.209. The summed E-state index contributed by atoms with van der Waals surface area (Å²) in [5.74, 6) is 1.93. The van der Waals surface area contributed by atoms with E-state index >= 15 is 0 Å². The predicted molar refractivity (Wildman–Crippen MR) is 116 cm³/mol. The summed E-state index contributed by atoms with van der Waals surface area (Å²) in [6.07, 6.45) is 5.81. The molecule has 154 valence electrons. The van der Waals surface area contributed by atoms with Gasteiger partial charge in [-0.1, -0.05) is 36.4 Å². The Morgan fingerprint density at radius 1 is 1.07 bits per heavy atom. The zero-order chi connectivity index (χ0) is 20.1. The van der Waals surface area contributed by atoms with Crippen molar-refractivity contribution in [2.24, 2.45) is 0 Å². The number of ether oxygens (including phenoxy) is 1. The number of nitrogens with zero attached hydrogens (tertiary/aromatic N) is 4. The molecule has 2 fully saturated rings. The van der Waals surface area contributed by atoms with Gasteiger partial charge in [-0.15, -0.1) is 0 Å². The van der Waals surface area contributed by atoms with E-state index in [1.54, 1.807) is 7.11 Å². The Morgan fingerprint density at radius 2 is 1.86 bits per heavy atom. The van der Waals surface area contributed by atoms with Crippen molar-refractivity contribution in [3.63, 3.8) is 0 Å². The van der Waals surface area contributed by atoms with Crippen molar-refractivity contribution < 1.29 is 9.84 Å². The molecule has 2 atom stereocenters. The fourth-order valence-corrected chi connectivity index (χ4v) is 4.31. The van der Waals surface area contributed by atoms with Crippen molar-refractivity contribution >= 4 is 11.9 Å². The Hall–Kier alpha value is -2.41. The Bertz CT molecular complexity index is 806. The van der Waals surface area contributed by atoms with E-state index in [9.17, 15) is 5.11 Å². The molecule has 6 nitrogen and oxygen atoms in total. The summed E-state index contributed by atoms with van der Waals surface area (Å²) in [6, 6.07) is 14.3. The normalized spacial score (nSPS) is 23.7. The van der Waals surface area contributed by atoms with Crippen molar-refractivity contribution in [3.8, 4) is 5.75 Å². The van der Waals surface area contributed by atoms with Crippen molar-refractivity contribution in [1.29, 1.82) is 0 Å². The lowest BCUT2D eigenvalue weighted by molar-refractivity contribution is 0.0790. The zero-order valence-corrected chi connectivity index (χ0v) is 17.0. The molecule has 0 radical (unpaired) electrons. The van der Waals surface area contributed by atoms with Gasteiger partial charge in [-0.25, -0.2) is 4.98 Å². The van der Waals surface area contributed by atoms with Gasteiger partial charge in [-0.05, 0) is 18.2 Å². The van der Waals surface area contributed by atoms with E-state index < -0.39 is 0 Å². The van der Waals surface area contributed by atoms with Gasteiger partial charge < -0.3 is 14.7 Å². The summed E-state index contributed by atoms with van der Waals surface area (Å²) in [4.78, 5) is 11.5. The molecule has 0 bridgehead atoms. The van der Waals surface area contributed by atoms with Crippen LogP contribution >= 0.6 is 0 Å². The van der Waals surface area contributed by atoms with Gasteiger partial charge in [0.15, 0.2) is 0 Å². The molecular formula is C23H30N4O2. The molecule has 1 aromatic heterocycles. The van der Waals surface area contributed by atoms with Crippen LogP contribution in [0, 0.1) is 0 Å². The molecular weight excluding hydrogens is 364 g/mol. The number of para-hydroxylation sites is 1. The summed E-state index contributed by atoms with van der Waals surface area (Å²) in [7, 11) is 1.70. The number of anilines is 1. The van der Waals surface area contributed by atoms with Gasteiger partial charge in [-0.2, -0.15) is 0 Å². The molecule has 1 N–H and O–H groups in total. The van der Waals surface area contributed by atoms with Crippen LogP contribution in [0.25, 0.3) is 6.08 Å². The number of piperazine rings is 1. The fourth-order valence-electron chi connectivity index (χ4n) is 4.31. The second-order valence-corrected chi connectivity index (χ2v) is 7.71. The molecule has 0 amide bonds. The first-order chi connectivity index (χ1) is 14.2. The third-order valence-corrected chi connectivity index (χ3v) is 5.89. The van der Waals surface area contributed by atoms with Gasteiger partial charge in [0.1, 0.15) is 11.6 Å². The van der Waals surface area contributed by atoms with E-state index in [4.69, 9.17) is 4.74 Å². The van der Waals surface area contributed by atoms with Crippen LogP contribution in [0.4, 0.5) is 5.82 Å². The summed E-state index contributed by atoms with van der Waals surface area (Å²) in [6.45, 7) is 6.29. The number of β-amino-alcohol motifs (C(OH)–C–C–N with tert-alkyl or cyclic N) is 1. The maximum atomic E-state index is 10.6. The number of pyridine rings is 1. The third-order valence-electron chi connectivity index (χ3n) is 5.89. The van der Waals surface area contributed by atoms with E-state index in [0.29, 0.717) is 0 Å². The summed E-state index contributed by atoms with van der Waals surface area (Å²) >= 11 is 0. The molecule has 2 aliphatic heterocycles. The molecule has 0 saturated carbocycles. The predicted octanol–water partition coefficient (Wildman–Crippen LogP) is 1.97. The largest absolute Gasteiger partial charge is 0.496 e. The summed E-state index contributed by atoms with van der Waals surface area (Å²) in [5.41, 5.74) is 1.08. The minimum atomic E-state index is -0.295. The first-order valence-electron chi connectivity index (χ1n) is 10.3. The Balaban J connectivity index is 1.28. The number of hydrogen-bond acceptors (Lipinski definition) is 6. The van der Waals surface area contributed by atoms with Gasteiger partial charge in [0, 0.05) is 63.6 Å². The van der Waals surface area contributed by atoms with Gasteiger partial charge in [0.2, 0.25) is 0 Å². The molecule has 2 saturated heterocycles. The number of aromatic nitrogens is 1. The molecule has 0 unspecified atom stereocenters. The quantitative estimate of drug-likeness (QED) is 0.809. The van der Waals surface area contributed by atoms with Crippen LogP contribution in [0.5, 0.6) is 5.75 Å². The number of methoxy groups -OCH3 is 1. The van der Waals surface area contributed by atoms with E-state index in [0.717, 1.165) is 62.9 Å². The molecule has 1 aromatic carbocycles. The monoisotopic (exact) mass is 394 g/mol. The highest BCUT2D eigenvalue weighted by Crippen LogP contribution is 2.21. The molecule has 4 rings (SSSR count). The SMILES string of the molecule is COc1ccccc1/C=C/CN1C[C@H](O)[C@@H](N2CCN(c3ccccn3)CC2)C1. The number of likely N-dealkylation sites (tertiary alicyclic amines) is 1. The van der Waals surface area contributed by atoms with Crippen molar-refractivity contribution in [1.82, 2.24) is 14.8 Å². The highest BCUT2D eigenvalue weighted by molar-refractivity contribution is 5.57. The van der Waals surface area contributed by atoms with Crippen LogP contribution in [-0.4, -0.2) is 85.0 Å². The molecule has 0 aliphatic carbocycles. The van der Waals surface area contributed by atoms with Gasteiger partial charge in [-0.3, -0.25) is 9.80 Å². The average molecular weight is 395 g/mol. The maximum absolute atomic E-state index is 10.6. The van der Waals surface area contributed by atoms with Gasteiger partial charge >= 0.3 is 0 Å². The molecule has 3 heterocycles. The van der Waals surface area contributed by atoms with Crippen molar-refractivity contribution in [2.75, 3.05) is 57.8 Å². The number of benzene rings is 1. The lowest BCUT2D eigenvalue weighted by atomic mass is 10.1. The maximum Gasteiger partial charge on any atom is 0.128 e. The lowest BCUT2D eigenvalue weighted by Gasteiger charge is -2.39. The molecule has 29 heavy (non-hydrogen) atoms. The van der Waals surface area contributed by atoms with Crippen LogP contribution in [0.1, 0.15) is 5.56 Å². The molecule has 0 spiro atoms. The van der Waals surface area contributed by atoms with Crippen LogP contribution in [0.15, 0.2) is 54.7 Å². The molecule has 6 heteroatoms. The van der Waals surface area contributed by atoms with E-state index in [1.807, 2.05) is 36.5 Å². The number of aliphatic hydroxyl groups is 1. The molecule has 2 aromatic rings. The number of aliphatic hydroxyl groups excluding tert-OH is 1. The Labute approximate surface area is 173 Å². The highest BCUT2D eigenvalue weighted by Gasteiger charge is 2.36. The van der Waals surface area contributed by atoms with Gasteiger partial charge in [0.25, 0.3) is 0 Å². The van der Waals surface area contributed by atoms with E-state index in [-0.39, 0.29) is 12.1 Å². The fraction of sp³-hybridized carbons (Fsp3) is 0.435. The highest BCUT2D eigenvalue weighted by atomic mass is 16.5. The van der Waals surface area contributed by atoms with Crippen LogP contribution < -0.4 is 9.64 Å². The third kappa shape index (κ3) is 4.78. The zero-order valence-electron chi connectivity index (χ0n) is 17.0. The Morgan fingerprint density at radius 3 is 2.62 bits per heavy atom. The van der Waals surface area contributed by atoms with Crippen LogP contribution in [-0.2, 0) is 0 Å². The van der Waals surface area contributed by atoms with E-state index in [2.05, 4.69) is 44.0 Å². The average Bonchev–Trinajstić information content (AvgIpc) is 3.15. The number of rotatable bonds is 6. The Kier molecular flexibility index (Phi) is 6.44. The topological polar surface area (TPSA) is 52.1 Å².